The summed E-state index contributed by atoms with van der Waals surface area (Å²) in [4.78, 5) is 13.1. The number of hydrogen-bond donors (Lipinski definition) is 0. The highest BCUT2D eigenvalue weighted by molar-refractivity contribution is 5.81. The van der Waals surface area contributed by atoms with Crippen molar-refractivity contribution in [2.75, 3.05) is 26.2 Å². The van der Waals surface area contributed by atoms with Crippen molar-refractivity contribution in [3.8, 4) is 0 Å². The number of rotatable bonds is 8. The zero-order valence-electron chi connectivity index (χ0n) is 8.71. The first-order chi connectivity index (χ1) is 6.83. The van der Waals surface area contributed by atoms with Crippen LogP contribution in [-0.4, -0.2) is 37.1 Å². The standard InChI is InChI=1S/C11H19NO2/c1-2-11(13)14-10-6-4-3-5-7-12-8-9-12/h2H,1,3-10H2. The van der Waals surface area contributed by atoms with Gasteiger partial charge >= 0.3 is 5.97 Å². The minimum absolute atomic E-state index is 0.311. The third kappa shape index (κ3) is 5.75. The van der Waals surface area contributed by atoms with E-state index in [2.05, 4.69) is 11.5 Å². The second kappa shape index (κ2) is 6.60. The molecular formula is C11H19NO2. The van der Waals surface area contributed by atoms with Crippen LogP contribution in [-0.2, 0) is 9.53 Å². The number of hydrogen-bond acceptors (Lipinski definition) is 3. The van der Waals surface area contributed by atoms with Gasteiger partial charge in [-0.2, -0.15) is 0 Å². The topological polar surface area (TPSA) is 29.3 Å². The first kappa shape index (κ1) is 11.2. The molecule has 0 aromatic carbocycles. The van der Waals surface area contributed by atoms with Gasteiger partial charge in [0.25, 0.3) is 0 Å². The second-order valence-corrected chi connectivity index (χ2v) is 3.63. The Bertz CT molecular complexity index is 188. The molecule has 0 unspecified atom stereocenters. The molecule has 0 spiro atoms. The van der Waals surface area contributed by atoms with Crippen molar-refractivity contribution in [1.82, 2.24) is 4.90 Å². The molecule has 1 saturated heterocycles. The highest BCUT2D eigenvalue weighted by atomic mass is 16.5. The van der Waals surface area contributed by atoms with Crippen molar-refractivity contribution in [2.24, 2.45) is 0 Å². The van der Waals surface area contributed by atoms with Crippen LogP contribution in [0.15, 0.2) is 12.7 Å². The van der Waals surface area contributed by atoms with Gasteiger partial charge in [0.15, 0.2) is 0 Å². The van der Waals surface area contributed by atoms with Crippen LogP contribution in [0.2, 0.25) is 0 Å². The quantitative estimate of drug-likeness (QED) is 0.256. The summed E-state index contributed by atoms with van der Waals surface area (Å²) in [6.07, 6.45) is 5.84. The molecule has 0 radical (unpaired) electrons. The monoisotopic (exact) mass is 197 g/mol. The van der Waals surface area contributed by atoms with E-state index in [1.807, 2.05) is 0 Å². The Morgan fingerprint density at radius 2 is 2.00 bits per heavy atom. The average molecular weight is 197 g/mol. The molecule has 0 aliphatic carbocycles. The van der Waals surface area contributed by atoms with E-state index >= 15 is 0 Å². The Labute approximate surface area is 85.7 Å². The fourth-order valence-corrected chi connectivity index (χ4v) is 1.32. The molecule has 1 rings (SSSR count). The fraction of sp³-hybridized carbons (Fsp3) is 0.727. The number of carbonyl (C=O) groups excluding carboxylic acids is 1. The minimum atomic E-state index is -0.311. The van der Waals surface area contributed by atoms with Crippen LogP contribution < -0.4 is 0 Å². The molecule has 1 heterocycles. The lowest BCUT2D eigenvalue weighted by Gasteiger charge is -2.02. The SMILES string of the molecule is C=CC(=O)OCCCCCCN1CC1. The lowest BCUT2D eigenvalue weighted by Crippen LogP contribution is -2.02. The van der Waals surface area contributed by atoms with Crippen LogP contribution in [0.1, 0.15) is 25.7 Å². The summed E-state index contributed by atoms with van der Waals surface area (Å²) in [6.45, 7) is 7.69. The molecule has 0 aromatic rings. The second-order valence-electron chi connectivity index (χ2n) is 3.63. The van der Waals surface area contributed by atoms with Gasteiger partial charge in [0, 0.05) is 19.2 Å². The molecule has 3 heteroatoms. The predicted molar refractivity (Wildman–Crippen MR) is 56.1 cm³/mol. The fourth-order valence-electron chi connectivity index (χ4n) is 1.32. The molecule has 0 aromatic heterocycles. The van der Waals surface area contributed by atoms with E-state index < -0.39 is 0 Å². The molecule has 1 aliphatic rings. The summed E-state index contributed by atoms with van der Waals surface area (Å²) in [5, 5.41) is 0. The van der Waals surface area contributed by atoms with Gasteiger partial charge in [-0.05, 0) is 19.4 Å². The maximum absolute atomic E-state index is 10.7. The van der Waals surface area contributed by atoms with Crippen LogP contribution in [0.25, 0.3) is 0 Å². The summed E-state index contributed by atoms with van der Waals surface area (Å²) in [5.74, 6) is -0.311. The molecule has 0 amide bonds. The van der Waals surface area contributed by atoms with E-state index in [-0.39, 0.29) is 5.97 Å². The Hall–Kier alpha value is -0.830. The van der Waals surface area contributed by atoms with E-state index in [0.29, 0.717) is 6.61 Å². The van der Waals surface area contributed by atoms with Crippen LogP contribution >= 0.6 is 0 Å². The first-order valence-electron chi connectivity index (χ1n) is 5.34. The maximum atomic E-state index is 10.7. The predicted octanol–water partition coefficient (Wildman–Crippen LogP) is 1.59. The molecule has 1 aliphatic heterocycles. The molecule has 3 nitrogen and oxygen atoms in total. The van der Waals surface area contributed by atoms with Gasteiger partial charge in [-0.15, -0.1) is 0 Å². The van der Waals surface area contributed by atoms with Crippen molar-refractivity contribution in [2.45, 2.75) is 25.7 Å². The van der Waals surface area contributed by atoms with Crippen LogP contribution in [0.5, 0.6) is 0 Å². The van der Waals surface area contributed by atoms with Gasteiger partial charge in [-0.25, -0.2) is 4.79 Å². The number of carbonyl (C=O) groups is 1. The molecule has 0 N–H and O–H groups in total. The Kier molecular flexibility index (Phi) is 5.30. The summed E-state index contributed by atoms with van der Waals surface area (Å²) >= 11 is 0. The van der Waals surface area contributed by atoms with Crippen molar-refractivity contribution < 1.29 is 9.53 Å². The largest absolute Gasteiger partial charge is 0.463 e. The molecule has 80 valence electrons. The highest BCUT2D eigenvalue weighted by Gasteiger charge is 2.14. The van der Waals surface area contributed by atoms with Gasteiger partial charge in [0.2, 0.25) is 0 Å². The smallest absolute Gasteiger partial charge is 0.330 e. The van der Waals surface area contributed by atoms with Crippen molar-refractivity contribution in [3.05, 3.63) is 12.7 Å². The first-order valence-corrected chi connectivity index (χ1v) is 5.34. The van der Waals surface area contributed by atoms with E-state index in [0.717, 1.165) is 12.8 Å². The van der Waals surface area contributed by atoms with Crippen molar-refractivity contribution in [3.63, 3.8) is 0 Å². The van der Waals surface area contributed by atoms with Crippen LogP contribution in [0.4, 0.5) is 0 Å². The summed E-state index contributed by atoms with van der Waals surface area (Å²) in [7, 11) is 0. The Morgan fingerprint density at radius 3 is 2.64 bits per heavy atom. The number of nitrogens with zero attached hydrogens (tertiary/aromatic N) is 1. The van der Waals surface area contributed by atoms with Gasteiger partial charge in [0.1, 0.15) is 0 Å². The lowest BCUT2D eigenvalue weighted by molar-refractivity contribution is -0.137. The molecule has 0 bridgehead atoms. The van der Waals surface area contributed by atoms with Crippen LogP contribution in [0.3, 0.4) is 0 Å². The third-order valence-corrected chi connectivity index (χ3v) is 2.32. The third-order valence-electron chi connectivity index (χ3n) is 2.32. The van der Waals surface area contributed by atoms with E-state index in [4.69, 9.17) is 4.74 Å². The molecule has 0 saturated carbocycles. The number of ether oxygens (including phenoxy) is 1. The van der Waals surface area contributed by atoms with E-state index in [1.54, 1.807) is 0 Å². The summed E-state index contributed by atoms with van der Waals surface area (Å²) in [6, 6.07) is 0. The maximum Gasteiger partial charge on any atom is 0.330 e. The number of unbranched alkanes of at least 4 members (excludes halogenated alkanes) is 3. The minimum Gasteiger partial charge on any atom is -0.463 e. The van der Waals surface area contributed by atoms with Gasteiger partial charge in [0.05, 0.1) is 6.61 Å². The van der Waals surface area contributed by atoms with E-state index in [9.17, 15) is 4.79 Å². The normalized spacial score (nSPS) is 15.1. The molecule has 0 atom stereocenters. The molecule has 1 fully saturated rings. The van der Waals surface area contributed by atoms with Gasteiger partial charge in [-0.1, -0.05) is 19.4 Å². The Morgan fingerprint density at radius 1 is 1.29 bits per heavy atom. The highest BCUT2D eigenvalue weighted by Crippen LogP contribution is 2.07. The zero-order chi connectivity index (χ0) is 10.2. The average Bonchev–Trinajstić information content (AvgIpc) is 2.99. The lowest BCUT2D eigenvalue weighted by atomic mass is 10.2. The molecule has 14 heavy (non-hydrogen) atoms. The van der Waals surface area contributed by atoms with Crippen LogP contribution in [0, 0.1) is 0 Å². The number of esters is 1. The Balaban J connectivity index is 1.74. The van der Waals surface area contributed by atoms with Crippen molar-refractivity contribution in [1.29, 1.82) is 0 Å². The molecular weight excluding hydrogens is 178 g/mol. The summed E-state index contributed by atoms with van der Waals surface area (Å²) < 4.78 is 4.86. The van der Waals surface area contributed by atoms with Crippen molar-refractivity contribution >= 4 is 5.97 Å². The van der Waals surface area contributed by atoms with E-state index in [1.165, 1.54) is 38.6 Å². The zero-order valence-corrected chi connectivity index (χ0v) is 8.71. The van der Waals surface area contributed by atoms with Gasteiger partial charge in [-0.3, -0.25) is 0 Å². The van der Waals surface area contributed by atoms with Gasteiger partial charge < -0.3 is 9.64 Å². The summed E-state index contributed by atoms with van der Waals surface area (Å²) in [5.41, 5.74) is 0.